The molecule has 0 spiro atoms. The molecule has 1 aromatic rings. The Balaban J connectivity index is 1.43. The predicted molar refractivity (Wildman–Crippen MR) is 68.0 cm³/mol. The van der Waals surface area contributed by atoms with Crippen LogP contribution in [0.2, 0.25) is 0 Å². The zero-order valence-corrected chi connectivity index (χ0v) is 10.4. The first-order valence-corrected chi connectivity index (χ1v) is 6.91. The summed E-state index contributed by atoms with van der Waals surface area (Å²) in [5.74, 6) is 1.11. The average molecular weight is 234 g/mol. The molecule has 1 aliphatic carbocycles. The maximum atomic E-state index is 5.38. The summed E-state index contributed by atoms with van der Waals surface area (Å²) in [5, 5.41) is 3.75. The Labute approximate surface area is 103 Å². The summed E-state index contributed by atoms with van der Waals surface area (Å²) < 4.78 is 5.38. The normalized spacial score (nSPS) is 26.2. The monoisotopic (exact) mass is 234 g/mol. The van der Waals surface area contributed by atoms with E-state index in [2.05, 4.69) is 16.3 Å². The van der Waals surface area contributed by atoms with Gasteiger partial charge in [-0.1, -0.05) is 0 Å². The van der Waals surface area contributed by atoms with Gasteiger partial charge in [0.05, 0.1) is 6.26 Å². The maximum absolute atomic E-state index is 5.38. The molecular weight excluding hydrogens is 212 g/mol. The number of hydrogen-bond donors (Lipinski definition) is 1. The largest absolute Gasteiger partial charge is 0.469 e. The minimum Gasteiger partial charge on any atom is -0.469 e. The second kappa shape index (κ2) is 5.23. The Morgan fingerprint density at radius 1 is 1.29 bits per heavy atom. The first-order valence-electron chi connectivity index (χ1n) is 6.91. The average Bonchev–Trinajstić information content (AvgIpc) is 3.00. The summed E-state index contributed by atoms with van der Waals surface area (Å²) in [6, 6.07) is 5.62. The molecule has 2 aliphatic rings. The molecule has 1 saturated heterocycles. The zero-order chi connectivity index (χ0) is 11.5. The van der Waals surface area contributed by atoms with Crippen molar-refractivity contribution in [2.75, 3.05) is 19.6 Å². The Morgan fingerprint density at radius 2 is 2.24 bits per heavy atom. The smallest absolute Gasteiger partial charge is 0.105 e. The lowest BCUT2D eigenvalue weighted by Gasteiger charge is -2.33. The second-order valence-electron chi connectivity index (χ2n) is 5.41. The Kier molecular flexibility index (Phi) is 3.48. The summed E-state index contributed by atoms with van der Waals surface area (Å²) in [7, 11) is 0. The van der Waals surface area contributed by atoms with Crippen molar-refractivity contribution in [1.82, 2.24) is 10.2 Å². The molecule has 0 bridgehead atoms. The van der Waals surface area contributed by atoms with Crippen LogP contribution in [-0.4, -0.2) is 36.6 Å². The Hall–Kier alpha value is -0.800. The van der Waals surface area contributed by atoms with Gasteiger partial charge >= 0.3 is 0 Å². The van der Waals surface area contributed by atoms with Crippen molar-refractivity contribution in [3.05, 3.63) is 24.2 Å². The molecule has 3 nitrogen and oxygen atoms in total. The number of likely N-dealkylation sites (tertiary alicyclic amines) is 1. The molecule has 0 radical (unpaired) electrons. The highest BCUT2D eigenvalue weighted by atomic mass is 16.3. The Bertz CT molecular complexity index is 332. The van der Waals surface area contributed by atoms with Crippen molar-refractivity contribution in [3.63, 3.8) is 0 Å². The molecule has 2 heterocycles. The van der Waals surface area contributed by atoms with E-state index in [0.717, 1.165) is 30.8 Å². The topological polar surface area (TPSA) is 28.4 Å². The molecule has 1 aromatic heterocycles. The molecule has 0 aromatic carbocycles. The molecule has 94 valence electrons. The number of rotatable bonds is 5. The third-order valence-corrected chi connectivity index (χ3v) is 3.81. The van der Waals surface area contributed by atoms with E-state index in [1.54, 1.807) is 6.26 Å². The SMILES string of the molecule is c1coc(CCN2CCCC(NC3CC3)C2)c1. The number of furan rings is 1. The number of nitrogens with one attached hydrogen (secondary N) is 1. The van der Waals surface area contributed by atoms with Crippen molar-refractivity contribution in [2.45, 2.75) is 44.2 Å². The molecule has 3 heteroatoms. The number of piperidine rings is 1. The van der Waals surface area contributed by atoms with Crippen LogP contribution in [0.15, 0.2) is 22.8 Å². The third-order valence-electron chi connectivity index (χ3n) is 3.81. The molecule has 17 heavy (non-hydrogen) atoms. The van der Waals surface area contributed by atoms with Crippen molar-refractivity contribution >= 4 is 0 Å². The summed E-state index contributed by atoms with van der Waals surface area (Å²) >= 11 is 0. The van der Waals surface area contributed by atoms with Gasteiger partial charge in [0.1, 0.15) is 5.76 Å². The second-order valence-corrected chi connectivity index (χ2v) is 5.41. The van der Waals surface area contributed by atoms with Crippen molar-refractivity contribution in [3.8, 4) is 0 Å². The van der Waals surface area contributed by atoms with Crippen LogP contribution in [-0.2, 0) is 6.42 Å². The summed E-state index contributed by atoms with van der Waals surface area (Å²) in [6.07, 6.45) is 8.29. The quantitative estimate of drug-likeness (QED) is 0.845. The van der Waals surface area contributed by atoms with Crippen LogP contribution in [0.5, 0.6) is 0 Å². The van der Waals surface area contributed by atoms with Crippen molar-refractivity contribution in [2.24, 2.45) is 0 Å². The van der Waals surface area contributed by atoms with Crippen LogP contribution in [0.4, 0.5) is 0 Å². The molecule has 2 fully saturated rings. The van der Waals surface area contributed by atoms with Crippen LogP contribution in [0.25, 0.3) is 0 Å². The highest BCUT2D eigenvalue weighted by molar-refractivity contribution is 4.99. The lowest BCUT2D eigenvalue weighted by Crippen LogP contribution is -2.46. The van der Waals surface area contributed by atoms with E-state index < -0.39 is 0 Å². The van der Waals surface area contributed by atoms with Crippen LogP contribution in [0.3, 0.4) is 0 Å². The van der Waals surface area contributed by atoms with E-state index in [-0.39, 0.29) is 0 Å². The molecule has 3 rings (SSSR count). The Morgan fingerprint density at radius 3 is 3.00 bits per heavy atom. The fourth-order valence-corrected chi connectivity index (χ4v) is 2.70. The molecule has 1 saturated carbocycles. The van der Waals surface area contributed by atoms with E-state index in [1.165, 1.54) is 38.8 Å². The highest BCUT2D eigenvalue weighted by Gasteiger charge is 2.27. The van der Waals surface area contributed by atoms with E-state index in [1.807, 2.05) is 6.07 Å². The van der Waals surface area contributed by atoms with E-state index in [9.17, 15) is 0 Å². The van der Waals surface area contributed by atoms with E-state index in [0.29, 0.717) is 0 Å². The van der Waals surface area contributed by atoms with Gasteiger partial charge in [-0.25, -0.2) is 0 Å². The summed E-state index contributed by atoms with van der Waals surface area (Å²) in [5.41, 5.74) is 0. The maximum Gasteiger partial charge on any atom is 0.105 e. The zero-order valence-electron chi connectivity index (χ0n) is 10.4. The molecule has 1 unspecified atom stereocenters. The fraction of sp³-hybridized carbons (Fsp3) is 0.714. The fourth-order valence-electron chi connectivity index (χ4n) is 2.70. The van der Waals surface area contributed by atoms with Gasteiger partial charge in [-0.3, -0.25) is 0 Å². The van der Waals surface area contributed by atoms with Gasteiger partial charge in [0.25, 0.3) is 0 Å². The van der Waals surface area contributed by atoms with E-state index in [4.69, 9.17) is 4.42 Å². The van der Waals surface area contributed by atoms with Gasteiger partial charge in [-0.15, -0.1) is 0 Å². The van der Waals surface area contributed by atoms with Gasteiger partial charge in [0.15, 0.2) is 0 Å². The van der Waals surface area contributed by atoms with Gasteiger partial charge in [-0.2, -0.15) is 0 Å². The summed E-state index contributed by atoms with van der Waals surface area (Å²) in [6.45, 7) is 3.61. The number of hydrogen-bond acceptors (Lipinski definition) is 3. The summed E-state index contributed by atoms with van der Waals surface area (Å²) in [4.78, 5) is 2.58. The lowest BCUT2D eigenvalue weighted by molar-refractivity contribution is 0.189. The first kappa shape index (κ1) is 11.3. The minimum atomic E-state index is 0.729. The van der Waals surface area contributed by atoms with Gasteiger partial charge in [0.2, 0.25) is 0 Å². The minimum absolute atomic E-state index is 0.729. The van der Waals surface area contributed by atoms with Crippen LogP contribution < -0.4 is 5.32 Å². The standard InChI is InChI=1S/C14H22N2O/c1-3-13(15-12-5-6-12)11-16(8-1)9-7-14-4-2-10-17-14/h2,4,10,12-13,15H,1,3,5-9,11H2. The van der Waals surface area contributed by atoms with Crippen LogP contribution in [0, 0.1) is 0 Å². The van der Waals surface area contributed by atoms with E-state index >= 15 is 0 Å². The van der Waals surface area contributed by atoms with Crippen LogP contribution >= 0.6 is 0 Å². The highest BCUT2D eigenvalue weighted by Crippen LogP contribution is 2.22. The van der Waals surface area contributed by atoms with Crippen molar-refractivity contribution < 1.29 is 4.42 Å². The molecular formula is C14H22N2O. The molecule has 0 amide bonds. The predicted octanol–water partition coefficient (Wildman–Crippen LogP) is 2.04. The van der Waals surface area contributed by atoms with Gasteiger partial charge in [0, 0.05) is 31.6 Å². The van der Waals surface area contributed by atoms with Crippen LogP contribution in [0.1, 0.15) is 31.4 Å². The molecule has 1 aliphatic heterocycles. The van der Waals surface area contributed by atoms with Crippen molar-refractivity contribution in [1.29, 1.82) is 0 Å². The lowest BCUT2D eigenvalue weighted by atomic mass is 10.1. The third kappa shape index (κ3) is 3.33. The van der Waals surface area contributed by atoms with Gasteiger partial charge in [-0.05, 0) is 44.4 Å². The first-order chi connectivity index (χ1) is 8.40. The van der Waals surface area contributed by atoms with Gasteiger partial charge < -0.3 is 14.6 Å². The number of nitrogens with zero attached hydrogens (tertiary/aromatic N) is 1. The molecule has 1 atom stereocenters. The molecule has 1 N–H and O–H groups in total.